The van der Waals surface area contributed by atoms with E-state index in [0.29, 0.717) is 5.95 Å². The summed E-state index contributed by atoms with van der Waals surface area (Å²) in [6.07, 6.45) is 3.79. The quantitative estimate of drug-likeness (QED) is 0.316. The highest BCUT2D eigenvalue weighted by Gasteiger charge is 2.12. The number of nitrogens with one attached hydrogen (secondary N) is 1. The minimum Gasteiger partial charge on any atom is -0.497 e. The Labute approximate surface area is 215 Å². The van der Waals surface area contributed by atoms with Crippen LogP contribution in [0.15, 0.2) is 91.3 Å². The minimum atomic E-state index is 0.553. The highest BCUT2D eigenvalue weighted by atomic mass is 16.5. The summed E-state index contributed by atoms with van der Waals surface area (Å²) in [4.78, 5) is 16.3. The van der Waals surface area contributed by atoms with Crippen molar-refractivity contribution in [3.05, 3.63) is 91.3 Å². The Kier molecular flexibility index (Phi) is 6.35. The third-order valence-electron chi connectivity index (χ3n) is 6.57. The van der Waals surface area contributed by atoms with Crippen molar-refractivity contribution in [3.8, 4) is 28.0 Å². The third kappa shape index (κ3) is 4.94. The van der Waals surface area contributed by atoms with Crippen LogP contribution in [0.4, 0.5) is 17.5 Å². The molecule has 7 heteroatoms. The number of nitrogens with zero attached hydrogens (tertiary/aromatic N) is 4. The number of pyridine rings is 1. The number of rotatable bonds is 6. The normalized spacial score (nSPS) is 13.5. The molecule has 5 aromatic rings. The molecule has 184 valence electrons. The van der Waals surface area contributed by atoms with E-state index >= 15 is 0 Å². The topological polar surface area (TPSA) is 72.4 Å². The van der Waals surface area contributed by atoms with Crippen molar-refractivity contribution in [2.24, 2.45) is 0 Å². The molecule has 6 rings (SSSR count). The van der Waals surface area contributed by atoms with Gasteiger partial charge in [-0.2, -0.15) is 0 Å². The van der Waals surface area contributed by atoms with Crippen LogP contribution in [0.3, 0.4) is 0 Å². The molecule has 0 unspecified atom stereocenters. The van der Waals surface area contributed by atoms with Crippen molar-refractivity contribution in [1.29, 1.82) is 0 Å². The van der Waals surface area contributed by atoms with Gasteiger partial charge >= 0.3 is 0 Å². The Balaban J connectivity index is 1.21. The van der Waals surface area contributed by atoms with Gasteiger partial charge in [-0.15, -0.1) is 0 Å². The van der Waals surface area contributed by atoms with E-state index in [2.05, 4.69) is 50.5 Å². The molecule has 1 aliphatic heterocycles. The van der Waals surface area contributed by atoms with Crippen LogP contribution < -0.4 is 15.0 Å². The Morgan fingerprint density at radius 1 is 0.784 bits per heavy atom. The van der Waals surface area contributed by atoms with E-state index in [4.69, 9.17) is 14.5 Å². The van der Waals surface area contributed by atoms with Crippen molar-refractivity contribution in [1.82, 2.24) is 15.0 Å². The summed E-state index contributed by atoms with van der Waals surface area (Å²) in [5, 5.41) is 4.34. The minimum absolute atomic E-state index is 0.553. The number of methoxy groups -OCH3 is 1. The fourth-order valence-corrected chi connectivity index (χ4v) is 4.53. The third-order valence-corrected chi connectivity index (χ3v) is 6.57. The summed E-state index contributed by atoms with van der Waals surface area (Å²) in [6.45, 7) is 3.26. The van der Waals surface area contributed by atoms with E-state index in [-0.39, 0.29) is 0 Å². The van der Waals surface area contributed by atoms with Crippen LogP contribution in [0.2, 0.25) is 0 Å². The van der Waals surface area contributed by atoms with E-state index in [9.17, 15) is 0 Å². The summed E-state index contributed by atoms with van der Waals surface area (Å²) in [6, 6.07) is 26.6. The standard InChI is InChI=1S/C30H27N5O2/c1-36-26-12-7-22(8-13-26)27-4-2-3-24-20-32-30(34-29(24)27)33-25-10-5-21(6-11-25)23-9-14-28(31-19-23)35-15-17-37-18-16-35/h2-14,19-20H,15-18H2,1H3,(H,32,33,34). The van der Waals surface area contributed by atoms with Crippen LogP contribution in [0.5, 0.6) is 5.75 Å². The molecule has 0 spiro atoms. The molecule has 0 radical (unpaired) electrons. The first-order valence-electron chi connectivity index (χ1n) is 12.3. The zero-order valence-electron chi connectivity index (χ0n) is 20.6. The van der Waals surface area contributed by atoms with Gasteiger partial charge in [0.15, 0.2) is 0 Å². The zero-order chi connectivity index (χ0) is 25.0. The molecule has 0 bridgehead atoms. The van der Waals surface area contributed by atoms with E-state index in [0.717, 1.165) is 76.7 Å². The number of fused-ring (bicyclic) bond motifs is 1. The van der Waals surface area contributed by atoms with Gasteiger partial charge in [-0.3, -0.25) is 0 Å². The largest absolute Gasteiger partial charge is 0.497 e. The second-order valence-corrected chi connectivity index (χ2v) is 8.87. The van der Waals surface area contributed by atoms with Crippen LogP contribution in [-0.4, -0.2) is 48.4 Å². The van der Waals surface area contributed by atoms with Gasteiger partial charge in [0.05, 0.1) is 25.8 Å². The second-order valence-electron chi connectivity index (χ2n) is 8.87. The van der Waals surface area contributed by atoms with Gasteiger partial charge in [0.2, 0.25) is 5.95 Å². The molecule has 3 aromatic carbocycles. The maximum Gasteiger partial charge on any atom is 0.227 e. The van der Waals surface area contributed by atoms with Crippen molar-refractivity contribution in [2.45, 2.75) is 0 Å². The molecular formula is C30H27N5O2. The molecule has 3 heterocycles. The predicted molar refractivity (Wildman–Crippen MR) is 148 cm³/mol. The van der Waals surface area contributed by atoms with E-state index in [1.165, 1.54) is 0 Å². The first kappa shape index (κ1) is 22.9. The van der Waals surface area contributed by atoms with Crippen LogP contribution in [0, 0.1) is 0 Å². The second kappa shape index (κ2) is 10.2. The summed E-state index contributed by atoms with van der Waals surface area (Å²) >= 11 is 0. The van der Waals surface area contributed by atoms with Crippen molar-refractivity contribution >= 4 is 28.4 Å². The van der Waals surface area contributed by atoms with Gasteiger partial charge in [0, 0.05) is 47.7 Å². The maximum atomic E-state index is 5.43. The lowest BCUT2D eigenvalue weighted by Crippen LogP contribution is -2.36. The molecule has 0 atom stereocenters. The number of anilines is 3. The van der Waals surface area contributed by atoms with Gasteiger partial charge in [0.1, 0.15) is 11.6 Å². The zero-order valence-corrected chi connectivity index (χ0v) is 20.6. The summed E-state index contributed by atoms with van der Waals surface area (Å²) in [5.41, 5.74) is 6.13. The van der Waals surface area contributed by atoms with E-state index in [1.807, 2.05) is 60.9 Å². The predicted octanol–water partition coefficient (Wildman–Crippen LogP) is 5.95. The van der Waals surface area contributed by atoms with Crippen molar-refractivity contribution in [3.63, 3.8) is 0 Å². The average molecular weight is 490 g/mol. The Morgan fingerprint density at radius 3 is 2.27 bits per heavy atom. The van der Waals surface area contributed by atoms with Crippen molar-refractivity contribution < 1.29 is 9.47 Å². The lowest BCUT2D eigenvalue weighted by atomic mass is 10.0. The van der Waals surface area contributed by atoms with Gasteiger partial charge in [-0.05, 0) is 47.5 Å². The molecular weight excluding hydrogens is 462 g/mol. The first-order chi connectivity index (χ1) is 18.3. The summed E-state index contributed by atoms with van der Waals surface area (Å²) in [7, 11) is 1.67. The lowest BCUT2D eigenvalue weighted by molar-refractivity contribution is 0.122. The SMILES string of the molecule is COc1ccc(-c2cccc3cnc(Nc4ccc(-c5ccc(N6CCOCC6)nc5)cc4)nc23)cc1. The molecule has 1 saturated heterocycles. The number of hydrogen-bond donors (Lipinski definition) is 1. The number of aromatic nitrogens is 3. The summed E-state index contributed by atoms with van der Waals surface area (Å²) < 4.78 is 10.7. The van der Waals surface area contributed by atoms with E-state index < -0.39 is 0 Å². The molecule has 0 aliphatic carbocycles. The van der Waals surface area contributed by atoms with Crippen LogP contribution in [-0.2, 0) is 4.74 Å². The lowest BCUT2D eigenvalue weighted by Gasteiger charge is -2.27. The number of ether oxygens (including phenoxy) is 2. The molecule has 37 heavy (non-hydrogen) atoms. The van der Waals surface area contributed by atoms with Crippen LogP contribution >= 0.6 is 0 Å². The fraction of sp³-hybridized carbons (Fsp3) is 0.167. The molecule has 0 amide bonds. The van der Waals surface area contributed by atoms with Gasteiger partial charge in [-0.1, -0.05) is 42.5 Å². The molecule has 0 saturated carbocycles. The highest BCUT2D eigenvalue weighted by molar-refractivity contribution is 5.94. The van der Waals surface area contributed by atoms with E-state index in [1.54, 1.807) is 7.11 Å². The van der Waals surface area contributed by atoms with Crippen LogP contribution in [0.25, 0.3) is 33.2 Å². The van der Waals surface area contributed by atoms with Gasteiger partial charge in [-0.25, -0.2) is 15.0 Å². The monoisotopic (exact) mass is 489 g/mol. The average Bonchev–Trinajstić information content (AvgIpc) is 2.98. The first-order valence-corrected chi connectivity index (χ1v) is 12.3. The van der Waals surface area contributed by atoms with Crippen LogP contribution in [0.1, 0.15) is 0 Å². The Bertz CT molecular complexity index is 1500. The molecule has 1 fully saturated rings. The number of morpholine rings is 1. The maximum absolute atomic E-state index is 5.43. The summed E-state index contributed by atoms with van der Waals surface area (Å²) in [5.74, 6) is 2.37. The Morgan fingerprint density at radius 2 is 1.54 bits per heavy atom. The number of hydrogen-bond acceptors (Lipinski definition) is 7. The van der Waals surface area contributed by atoms with Gasteiger partial charge in [0.25, 0.3) is 0 Å². The highest BCUT2D eigenvalue weighted by Crippen LogP contribution is 2.30. The molecule has 2 aromatic heterocycles. The van der Waals surface area contributed by atoms with Gasteiger partial charge < -0.3 is 19.7 Å². The molecule has 7 nitrogen and oxygen atoms in total. The number of benzene rings is 3. The molecule has 1 N–H and O–H groups in total. The molecule has 1 aliphatic rings. The number of para-hydroxylation sites is 1. The smallest absolute Gasteiger partial charge is 0.227 e. The van der Waals surface area contributed by atoms with Crippen molar-refractivity contribution in [2.75, 3.05) is 43.6 Å². The fourth-order valence-electron chi connectivity index (χ4n) is 4.53. The Hall–Kier alpha value is -4.49.